The van der Waals surface area contributed by atoms with Crippen LogP contribution in [-0.2, 0) is 14.3 Å². The molecular formula is C10H16O3. The van der Waals surface area contributed by atoms with E-state index in [9.17, 15) is 9.59 Å². The molecule has 0 amide bonds. The third kappa shape index (κ3) is 1.90. The molecule has 1 fully saturated rings. The zero-order valence-electron chi connectivity index (χ0n) is 8.37. The third-order valence-electron chi connectivity index (χ3n) is 2.81. The van der Waals surface area contributed by atoms with E-state index in [0.29, 0.717) is 12.3 Å². The minimum atomic E-state index is -0.495. The fourth-order valence-corrected chi connectivity index (χ4v) is 2.02. The van der Waals surface area contributed by atoms with Gasteiger partial charge in [-0.05, 0) is 18.3 Å². The highest BCUT2D eigenvalue weighted by Gasteiger charge is 2.41. The van der Waals surface area contributed by atoms with E-state index in [2.05, 4.69) is 4.74 Å². The molecule has 0 spiro atoms. The van der Waals surface area contributed by atoms with E-state index in [1.54, 1.807) is 0 Å². The summed E-state index contributed by atoms with van der Waals surface area (Å²) < 4.78 is 4.63. The fourth-order valence-electron chi connectivity index (χ4n) is 2.02. The summed E-state index contributed by atoms with van der Waals surface area (Å²) in [5.41, 5.74) is 0. The Morgan fingerprint density at radius 3 is 2.62 bits per heavy atom. The lowest BCUT2D eigenvalue weighted by molar-refractivity contribution is -0.150. The molecule has 1 rings (SSSR count). The maximum Gasteiger partial charge on any atom is 0.316 e. The molecule has 3 heteroatoms. The van der Waals surface area contributed by atoms with Crippen molar-refractivity contribution in [2.75, 3.05) is 7.11 Å². The van der Waals surface area contributed by atoms with Gasteiger partial charge in [-0.1, -0.05) is 13.8 Å². The Labute approximate surface area is 78.5 Å². The Bertz CT molecular complexity index is 220. The van der Waals surface area contributed by atoms with Crippen LogP contribution in [0.4, 0.5) is 0 Å². The van der Waals surface area contributed by atoms with Gasteiger partial charge in [-0.3, -0.25) is 9.59 Å². The summed E-state index contributed by atoms with van der Waals surface area (Å²) in [6.45, 7) is 4.08. The lowest BCUT2D eigenvalue weighted by Gasteiger charge is -2.19. The molecule has 0 saturated heterocycles. The van der Waals surface area contributed by atoms with Gasteiger partial charge in [0.25, 0.3) is 0 Å². The Balaban J connectivity index is 2.77. The van der Waals surface area contributed by atoms with Gasteiger partial charge in [0.15, 0.2) is 0 Å². The molecule has 1 aliphatic carbocycles. The van der Waals surface area contributed by atoms with E-state index in [0.717, 1.165) is 6.42 Å². The highest BCUT2D eigenvalue weighted by molar-refractivity contribution is 6.00. The molecule has 0 heterocycles. The molecule has 74 valence electrons. The number of rotatable bonds is 2. The Hall–Kier alpha value is -0.860. The summed E-state index contributed by atoms with van der Waals surface area (Å²) in [5.74, 6) is -0.257. The van der Waals surface area contributed by atoms with Crippen molar-refractivity contribution in [1.29, 1.82) is 0 Å². The highest BCUT2D eigenvalue weighted by atomic mass is 16.5. The number of hydrogen-bond donors (Lipinski definition) is 0. The number of esters is 1. The molecule has 0 aromatic rings. The molecule has 0 aromatic carbocycles. The van der Waals surface area contributed by atoms with E-state index in [-0.39, 0.29) is 17.7 Å². The normalized spacial score (nSPS) is 28.2. The van der Waals surface area contributed by atoms with E-state index in [4.69, 9.17) is 0 Å². The van der Waals surface area contributed by atoms with Crippen molar-refractivity contribution in [3.63, 3.8) is 0 Å². The molecule has 2 unspecified atom stereocenters. The van der Waals surface area contributed by atoms with Crippen LogP contribution >= 0.6 is 0 Å². The van der Waals surface area contributed by atoms with Crippen LogP contribution in [0.1, 0.15) is 26.7 Å². The number of carbonyl (C=O) groups is 2. The van der Waals surface area contributed by atoms with Crippen molar-refractivity contribution in [2.45, 2.75) is 26.7 Å². The second-order valence-electron chi connectivity index (χ2n) is 3.91. The van der Waals surface area contributed by atoms with Gasteiger partial charge >= 0.3 is 5.97 Å². The minimum Gasteiger partial charge on any atom is -0.468 e. The first kappa shape index (κ1) is 10.2. The molecule has 3 nitrogen and oxygen atoms in total. The molecule has 0 radical (unpaired) electrons. The highest BCUT2D eigenvalue weighted by Crippen LogP contribution is 2.34. The number of methoxy groups -OCH3 is 1. The minimum absolute atomic E-state index is 0.0468. The molecular weight excluding hydrogens is 168 g/mol. The van der Waals surface area contributed by atoms with E-state index >= 15 is 0 Å². The topological polar surface area (TPSA) is 43.4 Å². The van der Waals surface area contributed by atoms with E-state index < -0.39 is 5.92 Å². The molecule has 0 N–H and O–H groups in total. The summed E-state index contributed by atoms with van der Waals surface area (Å²) in [4.78, 5) is 22.7. The number of ketones is 1. The fraction of sp³-hybridized carbons (Fsp3) is 0.800. The predicted octanol–water partition coefficient (Wildman–Crippen LogP) is 1.41. The van der Waals surface area contributed by atoms with Crippen LogP contribution < -0.4 is 0 Å². The van der Waals surface area contributed by atoms with Gasteiger partial charge in [-0.15, -0.1) is 0 Å². The second kappa shape index (κ2) is 3.90. The largest absolute Gasteiger partial charge is 0.468 e. The number of Topliss-reactive ketones (excluding diaryl/α,β-unsaturated/α-hetero) is 1. The van der Waals surface area contributed by atoms with Gasteiger partial charge in [-0.2, -0.15) is 0 Å². The van der Waals surface area contributed by atoms with Crippen LogP contribution in [-0.4, -0.2) is 18.9 Å². The zero-order valence-corrected chi connectivity index (χ0v) is 8.37. The molecule has 0 bridgehead atoms. The Morgan fingerprint density at radius 1 is 1.54 bits per heavy atom. The first-order chi connectivity index (χ1) is 6.07. The monoisotopic (exact) mass is 184 g/mol. The number of ether oxygens (including phenoxy) is 1. The quantitative estimate of drug-likeness (QED) is 0.481. The van der Waals surface area contributed by atoms with Gasteiger partial charge in [0.1, 0.15) is 11.7 Å². The van der Waals surface area contributed by atoms with Crippen molar-refractivity contribution in [2.24, 2.45) is 17.8 Å². The van der Waals surface area contributed by atoms with Crippen LogP contribution in [0, 0.1) is 17.8 Å². The molecule has 0 aromatic heterocycles. The van der Waals surface area contributed by atoms with Crippen molar-refractivity contribution in [1.82, 2.24) is 0 Å². The number of hydrogen-bond acceptors (Lipinski definition) is 3. The Morgan fingerprint density at radius 2 is 2.15 bits per heavy atom. The molecule has 13 heavy (non-hydrogen) atoms. The average molecular weight is 184 g/mol. The number of carbonyl (C=O) groups excluding carboxylic acids is 2. The lowest BCUT2D eigenvalue weighted by atomic mass is 9.86. The lowest BCUT2D eigenvalue weighted by Crippen LogP contribution is -2.28. The van der Waals surface area contributed by atoms with Gasteiger partial charge in [0.2, 0.25) is 0 Å². The summed E-state index contributed by atoms with van der Waals surface area (Å²) >= 11 is 0. The first-order valence-corrected chi connectivity index (χ1v) is 4.68. The zero-order chi connectivity index (χ0) is 10.0. The summed E-state index contributed by atoms with van der Waals surface area (Å²) in [7, 11) is 1.34. The maximum absolute atomic E-state index is 11.4. The van der Waals surface area contributed by atoms with Crippen molar-refractivity contribution in [3.05, 3.63) is 0 Å². The molecule has 0 aliphatic heterocycles. The molecule has 2 atom stereocenters. The SMILES string of the molecule is COC(=O)C1C(=O)CCC1C(C)C. The van der Waals surface area contributed by atoms with Crippen LogP contribution in [0.2, 0.25) is 0 Å². The molecule has 1 aliphatic rings. The average Bonchev–Trinajstić information content (AvgIpc) is 2.46. The van der Waals surface area contributed by atoms with Gasteiger partial charge < -0.3 is 4.74 Å². The Kier molecular flexibility index (Phi) is 3.07. The standard InChI is InChI=1S/C10H16O3/c1-6(2)7-4-5-8(11)9(7)10(12)13-3/h6-7,9H,4-5H2,1-3H3. The van der Waals surface area contributed by atoms with Crippen LogP contribution in [0.5, 0.6) is 0 Å². The van der Waals surface area contributed by atoms with Gasteiger partial charge in [0, 0.05) is 6.42 Å². The van der Waals surface area contributed by atoms with Crippen LogP contribution in [0.25, 0.3) is 0 Å². The summed E-state index contributed by atoms with van der Waals surface area (Å²) in [6.07, 6.45) is 1.36. The smallest absolute Gasteiger partial charge is 0.316 e. The molecule has 1 saturated carbocycles. The van der Waals surface area contributed by atoms with Crippen LogP contribution in [0.15, 0.2) is 0 Å². The van der Waals surface area contributed by atoms with Crippen molar-refractivity contribution in [3.8, 4) is 0 Å². The van der Waals surface area contributed by atoms with E-state index in [1.165, 1.54) is 7.11 Å². The van der Waals surface area contributed by atoms with Gasteiger partial charge in [-0.25, -0.2) is 0 Å². The van der Waals surface area contributed by atoms with E-state index in [1.807, 2.05) is 13.8 Å². The summed E-state index contributed by atoms with van der Waals surface area (Å²) in [6, 6.07) is 0. The summed E-state index contributed by atoms with van der Waals surface area (Å²) in [5, 5.41) is 0. The predicted molar refractivity (Wildman–Crippen MR) is 48.1 cm³/mol. The van der Waals surface area contributed by atoms with Crippen molar-refractivity contribution >= 4 is 11.8 Å². The van der Waals surface area contributed by atoms with Crippen LogP contribution in [0.3, 0.4) is 0 Å². The maximum atomic E-state index is 11.4. The van der Waals surface area contributed by atoms with Crippen molar-refractivity contribution < 1.29 is 14.3 Å². The third-order valence-corrected chi connectivity index (χ3v) is 2.81. The first-order valence-electron chi connectivity index (χ1n) is 4.68. The second-order valence-corrected chi connectivity index (χ2v) is 3.91. The van der Waals surface area contributed by atoms with Gasteiger partial charge in [0.05, 0.1) is 7.11 Å².